The van der Waals surface area contributed by atoms with Gasteiger partial charge in [0.25, 0.3) is 0 Å². The van der Waals surface area contributed by atoms with Crippen LogP contribution in [0.4, 0.5) is 11.6 Å². The second-order valence-electron chi connectivity index (χ2n) is 3.37. The first-order valence-corrected chi connectivity index (χ1v) is 5.35. The van der Waals surface area contributed by atoms with Crippen molar-refractivity contribution in [3.63, 3.8) is 0 Å². The molecule has 2 heterocycles. The highest BCUT2D eigenvalue weighted by atomic mass is 16.3. The van der Waals surface area contributed by atoms with Crippen molar-refractivity contribution in [2.75, 3.05) is 17.2 Å². The van der Waals surface area contributed by atoms with E-state index in [-0.39, 0.29) is 0 Å². The zero-order valence-electron chi connectivity index (χ0n) is 9.23. The second kappa shape index (κ2) is 5.21. The molecule has 2 rings (SSSR count). The Kier molecular flexibility index (Phi) is 3.43. The first-order chi connectivity index (χ1) is 7.88. The SMILES string of the molecule is CCNc1cccc(NCc2ccco2)n1. The number of hydrogen-bond donors (Lipinski definition) is 2. The predicted molar refractivity (Wildman–Crippen MR) is 64.4 cm³/mol. The Hall–Kier alpha value is -1.97. The Morgan fingerprint density at radius 1 is 1.12 bits per heavy atom. The standard InChI is InChI=1S/C12H15N3O/c1-2-13-11-6-3-7-12(15-11)14-9-10-5-4-8-16-10/h3-8H,2,9H2,1H3,(H2,13,14,15). The van der Waals surface area contributed by atoms with Crippen LogP contribution in [0.15, 0.2) is 41.0 Å². The van der Waals surface area contributed by atoms with E-state index in [0.717, 1.165) is 23.9 Å². The van der Waals surface area contributed by atoms with E-state index in [1.165, 1.54) is 0 Å². The molecule has 0 amide bonds. The van der Waals surface area contributed by atoms with E-state index < -0.39 is 0 Å². The van der Waals surface area contributed by atoms with Crippen molar-refractivity contribution in [2.24, 2.45) is 0 Å². The van der Waals surface area contributed by atoms with Crippen molar-refractivity contribution in [3.8, 4) is 0 Å². The summed E-state index contributed by atoms with van der Waals surface area (Å²) >= 11 is 0. The normalized spacial score (nSPS) is 10.1. The molecule has 0 radical (unpaired) electrons. The van der Waals surface area contributed by atoms with Gasteiger partial charge in [-0.1, -0.05) is 6.07 Å². The number of furan rings is 1. The van der Waals surface area contributed by atoms with Gasteiger partial charge in [-0.3, -0.25) is 0 Å². The monoisotopic (exact) mass is 217 g/mol. The van der Waals surface area contributed by atoms with Gasteiger partial charge < -0.3 is 15.1 Å². The smallest absolute Gasteiger partial charge is 0.128 e. The van der Waals surface area contributed by atoms with Crippen LogP contribution in [0.2, 0.25) is 0 Å². The molecule has 16 heavy (non-hydrogen) atoms. The summed E-state index contributed by atoms with van der Waals surface area (Å²) in [5, 5.41) is 6.37. The third kappa shape index (κ3) is 2.76. The lowest BCUT2D eigenvalue weighted by Gasteiger charge is -2.06. The third-order valence-electron chi connectivity index (χ3n) is 2.13. The summed E-state index contributed by atoms with van der Waals surface area (Å²) in [5.74, 6) is 2.62. The van der Waals surface area contributed by atoms with Crippen molar-refractivity contribution >= 4 is 11.6 Å². The summed E-state index contributed by atoms with van der Waals surface area (Å²) in [6.45, 7) is 3.56. The van der Waals surface area contributed by atoms with Crippen LogP contribution in [-0.2, 0) is 6.54 Å². The maximum atomic E-state index is 5.23. The van der Waals surface area contributed by atoms with Gasteiger partial charge in [0.05, 0.1) is 12.8 Å². The maximum absolute atomic E-state index is 5.23. The highest BCUT2D eigenvalue weighted by Crippen LogP contribution is 2.10. The molecule has 0 aromatic carbocycles. The minimum Gasteiger partial charge on any atom is -0.467 e. The summed E-state index contributed by atoms with van der Waals surface area (Å²) in [6, 6.07) is 9.65. The number of hydrogen-bond acceptors (Lipinski definition) is 4. The maximum Gasteiger partial charge on any atom is 0.128 e. The minimum absolute atomic E-state index is 0.648. The van der Waals surface area contributed by atoms with Crippen LogP contribution < -0.4 is 10.6 Å². The number of anilines is 2. The molecule has 0 aliphatic rings. The van der Waals surface area contributed by atoms with Gasteiger partial charge in [-0.15, -0.1) is 0 Å². The molecule has 2 aromatic rings. The summed E-state index contributed by atoms with van der Waals surface area (Å²) in [4.78, 5) is 4.40. The van der Waals surface area contributed by atoms with Gasteiger partial charge >= 0.3 is 0 Å². The van der Waals surface area contributed by atoms with Crippen LogP contribution in [0.25, 0.3) is 0 Å². The van der Waals surface area contributed by atoms with E-state index in [2.05, 4.69) is 15.6 Å². The Balaban J connectivity index is 1.96. The highest BCUT2D eigenvalue weighted by molar-refractivity contribution is 5.45. The summed E-state index contributed by atoms with van der Waals surface area (Å²) in [7, 11) is 0. The lowest BCUT2D eigenvalue weighted by molar-refractivity contribution is 0.518. The fourth-order valence-corrected chi connectivity index (χ4v) is 1.40. The van der Waals surface area contributed by atoms with Gasteiger partial charge in [0.2, 0.25) is 0 Å². The fourth-order valence-electron chi connectivity index (χ4n) is 1.40. The number of nitrogens with one attached hydrogen (secondary N) is 2. The number of rotatable bonds is 5. The topological polar surface area (TPSA) is 50.1 Å². The van der Waals surface area contributed by atoms with Crippen molar-refractivity contribution < 1.29 is 4.42 Å². The highest BCUT2D eigenvalue weighted by Gasteiger charge is 1.98. The van der Waals surface area contributed by atoms with Crippen LogP contribution in [0.5, 0.6) is 0 Å². The molecular weight excluding hydrogens is 202 g/mol. The molecule has 2 aromatic heterocycles. The largest absolute Gasteiger partial charge is 0.467 e. The van der Waals surface area contributed by atoms with Crippen molar-refractivity contribution in [2.45, 2.75) is 13.5 Å². The van der Waals surface area contributed by atoms with E-state index >= 15 is 0 Å². The van der Waals surface area contributed by atoms with E-state index in [1.54, 1.807) is 6.26 Å². The predicted octanol–water partition coefficient (Wildman–Crippen LogP) is 2.72. The average molecular weight is 217 g/mol. The number of nitrogens with zero attached hydrogens (tertiary/aromatic N) is 1. The first-order valence-electron chi connectivity index (χ1n) is 5.35. The van der Waals surface area contributed by atoms with Crippen LogP contribution in [-0.4, -0.2) is 11.5 Å². The molecule has 0 unspecified atom stereocenters. The van der Waals surface area contributed by atoms with Gasteiger partial charge in [-0.05, 0) is 31.2 Å². The van der Waals surface area contributed by atoms with Gasteiger partial charge in [0.15, 0.2) is 0 Å². The van der Waals surface area contributed by atoms with Crippen LogP contribution in [0.1, 0.15) is 12.7 Å². The Morgan fingerprint density at radius 2 is 1.94 bits per heavy atom. The van der Waals surface area contributed by atoms with Crippen molar-refractivity contribution in [3.05, 3.63) is 42.4 Å². The first kappa shape index (κ1) is 10.5. The fraction of sp³-hybridized carbons (Fsp3) is 0.250. The lowest BCUT2D eigenvalue weighted by Crippen LogP contribution is -2.03. The lowest BCUT2D eigenvalue weighted by atomic mass is 10.4. The molecule has 0 spiro atoms. The number of aromatic nitrogens is 1. The van der Waals surface area contributed by atoms with Crippen LogP contribution >= 0.6 is 0 Å². The second-order valence-corrected chi connectivity index (χ2v) is 3.37. The molecule has 0 atom stereocenters. The summed E-state index contributed by atoms with van der Waals surface area (Å²) in [6.07, 6.45) is 1.67. The average Bonchev–Trinajstić information content (AvgIpc) is 2.80. The molecule has 0 saturated heterocycles. The molecule has 0 fully saturated rings. The summed E-state index contributed by atoms with van der Waals surface area (Å²) < 4.78 is 5.23. The Morgan fingerprint density at radius 3 is 2.62 bits per heavy atom. The molecule has 84 valence electrons. The van der Waals surface area contributed by atoms with E-state index in [0.29, 0.717) is 6.54 Å². The zero-order chi connectivity index (χ0) is 11.2. The third-order valence-corrected chi connectivity index (χ3v) is 2.13. The number of pyridine rings is 1. The van der Waals surface area contributed by atoms with Gasteiger partial charge in [0, 0.05) is 6.54 Å². The molecule has 0 aliphatic carbocycles. The van der Waals surface area contributed by atoms with E-state index in [1.807, 2.05) is 37.3 Å². The van der Waals surface area contributed by atoms with E-state index in [9.17, 15) is 0 Å². The summed E-state index contributed by atoms with van der Waals surface area (Å²) in [5.41, 5.74) is 0. The molecule has 0 aliphatic heterocycles. The molecule has 4 nitrogen and oxygen atoms in total. The molecule has 4 heteroatoms. The van der Waals surface area contributed by atoms with Gasteiger partial charge in [-0.25, -0.2) is 4.98 Å². The van der Waals surface area contributed by atoms with Crippen molar-refractivity contribution in [1.29, 1.82) is 0 Å². The molecule has 0 bridgehead atoms. The zero-order valence-corrected chi connectivity index (χ0v) is 9.23. The molecular formula is C12H15N3O. The molecule has 0 saturated carbocycles. The molecule has 2 N–H and O–H groups in total. The quantitative estimate of drug-likeness (QED) is 0.808. The van der Waals surface area contributed by atoms with Gasteiger partial charge in [-0.2, -0.15) is 0 Å². The van der Waals surface area contributed by atoms with Crippen LogP contribution in [0.3, 0.4) is 0 Å². The van der Waals surface area contributed by atoms with Gasteiger partial charge in [0.1, 0.15) is 17.4 Å². The minimum atomic E-state index is 0.648. The van der Waals surface area contributed by atoms with Crippen LogP contribution in [0, 0.1) is 0 Å². The van der Waals surface area contributed by atoms with Crippen molar-refractivity contribution in [1.82, 2.24) is 4.98 Å². The Bertz CT molecular complexity index is 426. The Labute approximate surface area is 94.7 Å². The van der Waals surface area contributed by atoms with E-state index in [4.69, 9.17) is 4.42 Å².